The molecule has 0 bridgehead atoms. The summed E-state index contributed by atoms with van der Waals surface area (Å²) in [6.07, 6.45) is 2.70. The van der Waals surface area contributed by atoms with Gasteiger partial charge in [-0.25, -0.2) is 0 Å². The molecule has 6 nitrogen and oxygen atoms in total. The normalized spacial score (nSPS) is 16.6. The molecule has 1 aromatic heterocycles. The van der Waals surface area contributed by atoms with Crippen LogP contribution in [0, 0.1) is 12.8 Å². The first-order chi connectivity index (χ1) is 14.1. The van der Waals surface area contributed by atoms with E-state index < -0.39 is 0 Å². The molecule has 6 heteroatoms. The molecule has 1 amide bonds. The highest BCUT2D eigenvalue weighted by atomic mass is 16.5. The molecule has 0 aliphatic carbocycles. The zero-order chi connectivity index (χ0) is 20.2. The van der Waals surface area contributed by atoms with Crippen molar-refractivity contribution in [2.45, 2.75) is 26.2 Å². The number of rotatable bonds is 5. The van der Waals surface area contributed by atoms with Crippen molar-refractivity contribution in [3.8, 4) is 17.1 Å². The van der Waals surface area contributed by atoms with Crippen molar-refractivity contribution < 1.29 is 14.1 Å². The Kier molecular flexibility index (Phi) is 5.60. The Morgan fingerprint density at radius 2 is 2.10 bits per heavy atom. The van der Waals surface area contributed by atoms with Gasteiger partial charge in [-0.15, -0.1) is 0 Å². The predicted molar refractivity (Wildman–Crippen MR) is 110 cm³/mol. The first-order valence-electron chi connectivity index (χ1n) is 9.96. The summed E-state index contributed by atoms with van der Waals surface area (Å²) in [5, 5.41) is 4.15. The summed E-state index contributed by atoms with van der Waals surface area (Å²) in [6, 6.07) is 15.3. The molecule has 2 heterocycles. The minimum atomic E-state index is 0.0414. The number of carbonyl (C=O) groups is 1. The van der Waals surface area contributed by atoms with Crippen LogP contribution in [0.25, 0.3) is 11.4 Å². The maximum absolute atomic E-state index is 12.9. The first-order valence-corrected chi connectivity index (χ1v) is 9.96. The lowest BCUT2D eigenvalue weighted by molar-refractivity contribution is 0.0668. The third-order valence-corrected chi connectivity index (χ3v) is 5.44. The number of aryl methyl sites for hydroxylation is 1. The summed E-state index contributed by atoms with van der Waals surface area (Å²) in [5.74, 6) is 2.30. The van der Waals surface area contributed by atoms with Crippen molar-refractivity contribution >= 4 is 5.91 Å². The zero-order valence-corrected chi connectivity index (χ0v) is 16.8. The molecule has 0 radical (unpaired) electrons. The lowest BCUT2D eigenvalue weighted by atomic mass is 9.94. The summed E-state index contributed by atoms with van der Waals surface area (Å²) in [5.41, 5.74) is 2.76. The molecule has 1 atom stereocenters. The molecule has 1 aliphatic heterocycles. The quantitative estimate of drug-likeness (QED) is 0.654. The number of aromatic nitrogens is 2. The lowest BCUT2D eigenvalue weighted by Crippen LogP contribution is -2.40. The highest BCUT2D eigenvalue weighted by Gasteiger charge is 2.26. The second kappa shape index (κ2) is 8.47. The van der Waals surface area contributed by atoms with Gasteiger partial charge >= 0.3 is 0 Å². The van der Waals surface area contributed by atoms with Gasteiger partial charge < -0.3 is 14.2 Å². The summed E-state index contributed by atoms with van der Waals surface area (Å²) in [6.45, 7) is 3.50. The van der Waals surface area contributed by atoms with Gasteiger partial charge in [-0.2, -0.15) is 4.98 Å². The van der Waals surface area contributed by atoms with Gasteiger partial charge in [0.05, 0.1) is 7.11 Å². The molecule has 0 saturated carbocycles. The number of ether oxygens (including phenoxy) is 1. The smallest absolute Gasteiger partial charge is 0.253 e. The van der Waals surface area contributed by atoms with Gasteiger partial charge in [0.1, 0.15) is 5.75 Å². The second-order valence-corrected chi connectivity index (χ2v) is 7.52. The molecule has 0 spiro atoms. The molecule has 2 aromatic carbocycles. The molecular formula is C23H25N3O3. The first kappa shape index (κ1) is 19.2. The minimum Gasteiger partial charge on any atom is -0.497 e. The van der Waals surface area contributed by atoms with Crippen molar-refractivity contribution in [1.82, 2.24) is 15.0 Å². The second-order valence-electron chi connectivity index (χ2n) is 7.52. The SMILES string of the molecule is COc1cccc(C(=O)N2CCC[C@@H](Cc3nc(-c4ccccc4C)no3)C2)c1. The maximum Gasteiger partial charge on any atom is 0.253 e. The predicted octanol–water partition coefficient (Wildman–Crippen LogP) is 4.15. The Morgan fingerprint density at radius 3 is 2.93 bits per heavy atom. The van der Waals surface area contributed by atoms with Gasteiger partial charge in [-0.1, -0.05) is 35.5 Å². The van der Waals surface area contributed by atoms with E-state index in [9.17, 15) is 4.79 Å². The van der Waals surface area contributed by atoms with Crippen LogP contribution in [0.3, 0.4) is 0 Å². The zero-order valence-electron chi connectivity index (χ0n) is 16.8. The Bertz CT molecular complexity index is 998. The Morgan fingerprint density at radius 1 is 1.24 bits per heavy atom. The molecule has 0 N–H and O–H groups in total. The van der Waals surface area contributed by atoms with Crippen molar-refractivity contribution in [3.63, 3.8) is 0 Å². The van der Waals surface area contributed by atoms with Gasteiger partial charge in [0, 0.05) is 30.6 Å². The average molecular weight is 391 g/mol. The molecule has 0 unspecified atom stereocenters. The van der Waals surface area contributed by atoms with Crippen molar-refractivity contribution in [2.75, 3.05) is 20.2 Å². The van der Waals surface area contributed by atoms with Crippen LogP contribution in [0.1, 0.15) is 34.7 Å². The van der Waals surface area contributed by atoms with Crippen LogP contribution in [0.5, 0.6) is 5.75 Å². The van der Waals surface area contributed by atoms with Gasteiger partial charge in [-0.05, 0) is 49.4 Å². The number of nitrogens with zero attached hydrogens (tertiary/aromatic N) is 3. The van der Waals surface area contributed by atoms with Gasteiger partial charge in [0.2, 0.25) is 11.7 Å². The van der Waals surface area contributed by atoms with E-state index in [2.05, 4.69) is 10.1 Å². The molecule has 29 heavy (non-hydrogen) atoms. The molecule has 150 valence electrons. The number of carbonyl (C=O) groups excluding carboxylic acids is 1. The van der Waals surface area contributed by atoms with E-state index in [1.54, 1.807) is 13.2 Å². The molecule has 1 saturated heterocycles. The summed E-state index contributed by atoms with van der Waals surface area (Å²) >= 11 is 0. The Labute approximate surface area is 170 Å². The van der Waals surface area contributed by atoms with Crippen molar-refractivity contribution in [1.29, 1.82) is 0 Å². The van der Waals surface area contributed by atoms with Crippen LogP contribution < -0.4 is 4.74 Å². The van der Waals surface area contributed by atoms with Gasteiger partial charge in [-0.3, -0.25) is 4.79 Å². The number of hydrogen-bond donors (Lipinski definition) is 0. The molecular weight excluding hydrogens is 366 g/mol. The summed E-state index contributed by atoms with van der Waals surface area (Å²) in [7, 11) is 1.61. The van der Waals surface area contributed by atoms with Crippen LogP contribution in [0.4, 0.5) is 0 Å². The van der Waals surface area contributed by atoms with Crippen molar-refractivity contribution in [2.24, 2.45) is 5.92 Å². The van der Waals surface area contributed by atoms with Crippen LogP contribution in [0.15, 0.2) is 53.1 Å². The molecule has 4 rings (SSSR count). The van der Waals surface area contributed by atoms with E-state index in [4.69, 9.17) is 9.26 Å². The lowest BCUT2D eigenvalue weighted by Gasteiger charge is -2.32. The number of benzene rings is 2. The van der Waals surface area contributed by atoms with Crippen LogP contribution in [0.2, 0.25) is 0 Å². The van der Waals surface area contributed by atoms with E-state index in [0.717, 1.165) is 30.5 Å². The molecule has 1 aliphatic rings. The number of likely N-dealkylation sites (tertiary alicyclic amines) is 1. The summed E-state index contributed by atoms with van der Waals surface area (Å²) < 4.78 is 10.7. The van der Waals surface area contributed by atoms with Crippen LogP contribution in [-0.4, -0.2) is 41.1 Å². The number of methoxy groups -OCH3 is 1. The third-order valence-electron chi connectivity index (χ3n) is 5.44. The maximum atomic E-state index is 12.9. The Balaban J connectivity index is 1.43. The highest BCUT2D eigenvalue weighted by Crippen LogP contribution is 2.25. The fourth-order valence-corrected chi connectivity index (χ4v) is 3.87. The standard InChI is InChI=1S/C23H25N3O3/c1-16-7-3-4-11-20(16)22-24-21(29-25-22)13-17-8-6-12-26(15-17)23(27)18-9-5-10-19(14-18)28-2/h3-5,7,9-11,14,17H,6,8,12-13,15H2,1-2H3/t17-/m0/s1. The molecule has 3 aromatic rings. The summed E-state index contributed by atoms with van der Waals surface area (Å²) in [4.78, 5) is 19.4. The van der Waals surface area contributed by atoms with E-state index in [1.165, 1.54) is 0 Å². The minimum absolute atomic E-state index is 0.0414. The largest absolute Gasteiger partial charge is 0.497 e. The average Bonchev–Trinajstić information content (AvgIpc) is 3.22. The van der Waals surface area contributed by atoms with Crippen molar-refractivity contribution in [3.05, 3.63) is 65.5 Å². The number of amides is 1. The highest BCUT2D eigenvalue weighted by molar-refractivity contribution is 5.94. The third kappa shape index (κ3) is 4.31. The fraction of sp³-hybridized carbons (Fsp3) is 0.348. The van der Waals surface area contributed by atoms with Crippen LogP contribution >= 0.6 is 0 Å². The topological polar surface area (TPSA) is 68.5 Å². The molecule has 1 fully saturated rings. The van der Waals surface area contributed by atoms with E-state index in [0.29, 0.717) is 41.9 Å². The van der Waals surface area contributed by atoms with E-state index in [-0.39, 0.29) is 5.91 Å². The fourth-order valence-electron chi connectivity index (χ4n) is 3.87. The number of hydrogen-bond acceptors (Lipinski definition) is 5. The monoisotopic (exact) mass is 391 g/mol. The van der Waals surface area contributed by atoms with E-state index >= 15 is 0 Å². The van der Waals surface area contributed by atoms with E-state index in [1.807, 2.05) is 54.3 Å². The van der Waals surface area contributed by atoms with Crippen LogP contribution in [-0.2, 0) is 6.42 Å². The number of piperidine rings is 1. The Hall–Kier alpha value is -3.15. The van der Waals surface area contributed by atoms with Gasteiger partial charge in [0.15, 0.2) is 0 Å². The van der Waals surface area contributed by atoms with Gasteiger partial charge in [0.25, 0.3) is 5.91 Å².